The van der Waals surface area contributed by atoms with Crippen LogP contribution in [0.3, 0.4) is 0 Å². The summed E-state index contributed by atoms with van der Waals surface area (Å²) in [4.78, 5) is 11.1. The van der Waals surface area contributed by atoms with Gasteiger partial charge in [-0.15, -0.1) is 0 Å². The number of carbonyl (C=O) groups excluding carboxylic acids is 1. The predicted molar refractivity (Wildman–Crippen MR) is 86.4 cm³/mol. The van der Waals surface area contributed by atoms with Crippen LogP contribution in [0.15, 0.2) is 42.5 Å². The van der Waals surface area contributed by atoms with E-state index in [0.717, 1.165) is 21.7 Å². The summed E-state index contributed by atoms with van der Waals surface area (Å²) < 4.78 is 0. The molecular formula is C17H19ClN2O. The second-order valence-electron chi connectivity index (χ2n) is 5.13. The van der Waals surface area contributed by atoms with Crippen LogP contribution in [0.5, 0.6) is 0 Å². The smallest absolute Gasteiger partial charge is 0.248 e. The first kappa shape index (κ1) is 15.5. The molecule has 0 aliphatic rings. The molecule has 0 unspecified atom stereocenters. The predicted octanol–water partition coefficient (Wildman–Crippen LogP) is 3.60. The SMILES string of the molecule is Cc1cc(C(N)=O)ccc1CN[C@@H](C)c1ccccc1Cl. The summed E-state index contributed by atoms with van der Waals surface area (Å²) in [6.45, 7) is 4.76. The van der Waals surface area contributed by atoms with Gasteiger partial charge in [-0.2, -0.15) is 0 Å². The van der Waals surface area contributed by atoms with Gasteiger partial charge in [0.25, 0.3) is 0 Å². The van der Waals surface area contributed by atoms with E-state index in [1.54, 1.807) is 6.07 Å². The number of benzene rings is 2. The maximum Gasteiger partial charge on any atom is 0.248 e. The van der Waals surface area contributed by atoms with Crippen molar-refractivity contribution in [2.75, 3.05) is 0 Å². The lowest BCUT2D eigenvalue weighted by atomic mass is 10.0. The summed E-state index contributed by atoms with van der Waals surface area (Å²) in [5.74, 6) is -0.401. The van der Waals surface area contributed by atoms with Crippen molar-refractivity contribution in [2.24, 2.45) is 5.73 Å². The fraction of sp³-hybridized carbons (Fsp3) is 0.235. The Hall–Kier alpha value is -1.84. The Morgan fingerprint density at radius 2 is 2.00 bits per heavy atom. The Kier molecular flexibility index (Phi) is 4.99. The quantitative estimate of drug-likeness (QED) is 0.886. The monoisotopic (exact) mass is 302 g/mol. The van der Waals surface area contributed by atoms with E-state index in [1.807, 2.05) is 43.3 Å². The Morgan fingerprint density at radius 3 is 2.62 bits per heavy atom. The summed E-state index contributed by atoms with van der Waals surface area (Å²) in [7, 11) is 0. The normalized spacial score (nSPS) is 12.1. The largest absolute Gasteiger partial charge is 0.366 e. The molecule has 3 nitrogen and oxygen atoms in total. The maximum absolute atomic E-state index is 11.1. The van der Waals surface area contributed by atoms with Gasteiger partial charge in [0.2, 0.25) is 5.91 Å². The van der Waals surface area contributed by atoms with E-state index in [0.29, 0.717) is 12.1 Å². The third-order valence-electron chi connectivity index (χ3n) is 3.60. The van der Waals surface area contributed by atoms with Crippen molar-refractivity contribution in [1.82, 2.24) is 5.32 Å². The molecule has 0 bridgehead atoms. The molecule has 0 saturated carbocycles. The van der Waals surface area contributed by atoms with E-state index < -0.39 is 5.91 Å². The van der Waals surface area contributed by atoms with Gasteiger partial charge in [0.1, 0.15) is 0 Å². The molecule has 2 rings (SSSR count). The van der Waals surface area contributed by atoms with E-state index in [4.69, 9.17) is 17.3 Å². The molecule has 0 aliphatic carbocycles. The molecule has 0 spiro atoms. The minimum atomic E-state index is -0.401. The first-order chi connectivity index (χ1) is 9.99. The van der Waals surface area contributed by atoms with Crippen LogP contribution in [0.25, 0.3) is 0 Å². The number of nitrogens with one attached hydrogen (secondary N) is 1. The second-order valence-corrected chi connectivity index (χ2v) is 5.54. The molecule has 4 heteroatoms. The Labute approximate surface area is 130 Å². The number of carbonyl (C=O) groups is 1. The third kappa shape index (κ3) is 3.84. The van der Waals surface area contributed by atoms with Gasteiger partial charge in [0.15, 0.2) is 0 Å². The molecular weight excluding hydrogens is 284 g/mol. The zero-order valence-electron chi connectivity index (χ0n) is 12.2. The lowest BCUT2D eigenvalue weighted by Gasteiger charge is -2.17. The number of amides is 1. The van der Waals surface area contributed by atoms with E-state index in [1.165, 1.54) is 0 Å². The molecule has 21 heavy (non-hydrogen) atoms. The Balaban J connectivity index is 2.06. The van der Waals surface area contributed by atoms with Crippen LogP contribution in [0.2, 0.25) is 5.02 Å². The molecule has 0 heterocycles. The van der Waals surface area contributed by atoms with E-state index >= 15 is 0 Å². The van der Waals surface area contributed by atoms with Crippen LogP contribution in [0.4, 0.5) is 0 Å². The zero-order valence-corrected chi connectivity index (χ0v) is 12.9. The van der Waals surface area contributed by atoms with Crippen molar-refractivity contribution >= 4 is 17.5 Å². The number of halogens is 1. The van der Waals surface area contributed by atoms with Crippen molar-refractivity contribution in [1.29, 1.82) is 0 Å². The van der Waals surface area contributed by atoms with Gasteiger partial charge in [-0.25, -0.2) is 0 Å². The van der Waals surface area contributed by atoms with Crippen LogP contribution >= 0.6 is 11.6 Å². The molecule has 2 aromatic carbocycles. The fourth-order valence-corrected chi connectivity index (χ4v) is 2.55. The second kappa shape index (κ2) is 6.74. The van der Waals surface area contributed by atoms with Gasteiger partial charge in [-0.05, 0) is 48.7 Å². The molecule has 1 amide bonds. The zero-order chi connectivity index (χ0) is 15.4. The highest BCUT2D eigenvalue weighted by Gasteiger charge is 2.10. The van der Waals surface area contributed by atoms with Crippen molar-refractivity contribution < 1.29 is 4.79 Å². The summed E-state index contributed by atoms with van der Waals surface area (Å²) >= 11 is 6.20. The van der Waals surface area contributed by atoms with Crippen LogP contribution in [-0.4, -0.2) is 5.91 Å². The molecule has 0 saturated heterocycles. The molecule has 3 N–H and O–H groups in total. The van der Waals surface area contributed by atoms with Crippen molar-refractivity contribution in [3.63, 3.8) is 0 Å². The van der Waals surface area contributed by atoms with Crippen LogP contribution in [0.1, 0.15) is 40.0 Å². The highest BCUT2D eigenvalue weighted by Crippen LogP contribution is 2.22. The standard InChI is InChI=1S/C17H19ClN2O/c1-11-9-13(17(19)21)7-8-14(11)10-20-12(2)15-5-3-4-6-16(15)18/h3-9,12,20H,10H2,1-2H3,(H2,19,21)/t12-/m0/s1. The summed E-state index contributed by atoms with van der Waals surface area (Å²) in [6.07, 6.45) is 0. The summed E-state index contributed by atoms with van der Waals surface area (Å²) in [5.41, 5.74) is 9.07. The molecule has 2 aromatic rings. The number of hydrogen-bond donors (Lipinski definition) is 2. The molecule has 0 radical (unpaired) electrons. The van der Waals surface area contributed by atoms with Crippen molar-refractivity contribution in [3.05, 3.63) is 69.7 Å². The summed E-state index contributed by atoms with van der Waals surface area (Å²) in [6, 6.07) is 13.5. The lowest BCUT2D eigenvalue weighted by molar-refractivity contribution is 0.1000. The van der Waals surface area contributed by atoms with Gasteiger partial charge >= 0.3 is 0 Å². The van der Waals surface area contributed by atoms with E-state index in [-0.39, 0.29) is 6.04 Å². The maximum atomic E-state index is 11.1. The van der Waals surface area contributed by atoms with Crippen molar-refractivity contribution in [3.8, 4) is 0 Å². The fourth-order valence-electron chi connectivity index (χ4n) is 2.25. The number of hydrogen-bond acceptors (Lipinski definition) is 2. The van der Waals surface area contributed by atoms with Crippen LogP contribution < -0.4 is 11.1 Å². The van der Waals surface area contributed by atoms with Gasteiger partial charge < -0.3 is 11.1 Å². The molecule has 0 aliphatic heterocycles. The van der Waals surface area contributed by atoms with Gasteiger partial charge in [0.05, 0.1) is 0 Å². The summed E-state index contributed by atoms with van der Waals surface area (Å²) in [5, 5.41) is 4.21. The van der Waals surface area contributed by atoms with Gasteiger partial charge in [-0.3, -0.25) is 4.79 Å². The first-order valence-electron chi connectivity index (χ1n) is 6.86. The van der Waals surface area contributed by atoms with E-state index in [2.05, 4.69) is 12.2 Å². The average Bonchev–Trinajstić information content (AvgIpc) is 2.46. The van der Waals surface area contributed by atoms with Crippen molar-refractivity contribution in [2.45, 2.75) is 26.4 Å². The van der Waals surface area contributed by atoms with E-state index in [9.17, 15) is 4.79 Å². The average molecular weight is 303 g/mol. The topological polar surface area (TPSA) is 55.1 Å². The van der Waals surface area contributed by atoms with Gasteiger partial charge in [0, 0.05) is 23.2 Å². The third-order valence-corrected chi connectivity index (χ3v) is 3.94. The van der Waals surface area contributed by atoms with Crippen LogP contribution in [0, 0.1) is 6.92 Å². The molecule has 0 aromatic heterocycles. The van der Waals surface area contributed by atoms with Gasteiger partial charge in [-0.1, -0.05) is 35.9 Å². The highest BCUT2D eigenvalue weighted by molar-refractivity contribution is 6.31. The number of primary amides is 1. The molecule has 110 valence electrons. The minimum Gasteiger partial charge on any atom is -0.366 e. The Morgan fingerprint density at radius 1 is 1.29 bits per heavy atom. The minimum absolute atomic E-state index is 0.147. The first-order valence-corrected chi connectivity index (χ1v) is 7.24. The molecule has 0 fully saturated rings. The number of rotatable bonds is 5. The number of nitrogens with two attached hydrogens (primary N) is 1. The Bertz CT molecular complexity index is 655. The lowest BCUT2D eigenvalue weighted by Crippen LogP contribution is -2.19. The van der Waals surface area contributed by atoms with Crippen LogP contribution in [-0.2, 0) is 6.54 Å². The highest BCUT2D eigenvalue weighted by atomic mass is 35.5. The number of aryl methyl sites for hydroxylation is 1. The molecule has 1 atom stereocenters.